The molecule has 0 aliphatic heterocycles. The van der Waals surface area contributed by atoms with Crippen LogP contribution in [-0.4, -0.2) is 0 Å². The highest BCUT2D eigenvalue weighted by molar-refractivity contribution is 5.36. The Morgan fingerprint density at radius 2 is 2.00 bits per heavy atom. The Hall–Kier alpha value is -0.820. The molecule has 3 unspecified atom stereocenters. The normalized spacial score (nSPS) is 28.1. The fraction of sp³-hybridized carbons (Fsp3) is 0.667. The lowest BCUT2D eigenvalue weighted by atomic mass is 9.75. The molecule has 1 heteroatoms. The molecule has 2 N–H and O–H groups in total. The highest BCUT2D eigenvalue weighted by Gasteiger charge is 2.27. The molecule has 104 valence electrons. The lowest BCUT2D eigenvalue weighted by Crippen LogP contribution is -2.27. The minimum Gasteiger partial charge on any atom is -0.324 e. The van der Waals surface area contributed by atoms with Crippen LogP contribution >= 0.6 is 0 Å². The van der Waals surface area contributed by atoms with Gasteiger partial charge in [-0.15, -0.1) is 0 Å². The van der Waals surface area contributed by atoms with Gasteiger partial charge in [0.05, 0.1) is 0 Å². The number of hydrogen-bond acceptors (Lipinski definition) is 1. The summed E-state index contributed by atoms with van der Waals surface area (Å²) in [5.41, 5.74) is 11.1. The zero-order valence-electron chi connectivity index (χ0n) is 12.2. The van der Waals surface area contributed by atoms with Gasteiger partial charge in [0, 0.05) is 6.04 Å². The van der Waals surface area contributed by atoms with Gasteiger partial charge in [-0.1, -0.05) is 44.4 Å². The van der Waals surface area contributed by atoms with Gasteiger partial charge in [-0.2, -0.15) is 0 Å². The standard InChI is InChI=1S/C18H27N/c1-2-13-5-3-8-16(11-13)18(19)17-10-9-14-6-4-7-15(14)12-17/h9-10,12-13,16,18H,2-8,11,19H2,1H3. The summed E-state index contributed by atoms with van der Waals surface area (Å²) in [6.45, 7) is 2.33. The molecule has 0 spiro atoms. The maximum absolute atomic E-state index is 6.58. The van der Waals surface area contributed by atoms with Crippen LogP contribution in [0.4, 0.5) is 0 Å². The summed E-state index contributed by atoms with van der Waals surface area (Å²) in [4.78, 5) is 0. The number of benzene rings is 1. The molecule has 19 heavy (non-hydrogen) atoms. The van der Waals surface area contributed by atoms with E-state index in [0.29, 0.717) is 5.92 Å². The summed E-state index contributed by atoms with van der Waals surface area (Å²) < 4.78 is 0. The van der Waals surface area contributed by atoms with Gasteiger partial charge in [0.25, 0.3) is 0 Å². The molecule has 1 aromatic carbocycles. The van der Waals surface area contributed by atoms with Gasteiger partial charge in [0.2, 0.25) is 0 Å². The largest absolute Gasteiger partial charge is 0.324 e. The van der Waals surface area contributed by atoms with Gasteiger partial charge in [-0.3, -0.25) is 0 Å². The third-order valence-corrected chi connectivity index (χ3v) is 5.42. The van der Waals surface area contributed by atoms with E-state index in [9.17, 15) is 0 Å². The summed E-state index contributed by atoms with van der Waals surface area (Å²) in [7, 11) is 0. The molecule has 1 aromatic rings. The lowest BCUT2D eigenvalue weighted by molar-refractivity contribution is 0.230. The molecular weight excluding hydrogens is 230 g/mol. The van der Waals surface area contributed by atoms with Gasteiger partial charge < -0.3 is 5.73 Å². The first kappa shape index (κ1) is 13.2. The Balaban J connectivity index is 1.74. The van der Waals surface area contributed by atoms with E-state index in [1.54, 1.807) is 11.1 Å². The highest BCUT2D eigenvalue weighted by Crippen LogP contribution is 2.38. The van der Waals surface area contributed by atoms with Crippen molar-refractivity contribution in [2.24, 2.45) is 17.6 Å². The van der Waals surface area contributed by atoms with Gasteiger partial charge in [0.15, 0.2) is 0 Å². The van der Waals surface area contributed by atoms with Gasteiger partial charge in [-0.05, 0) is 60.6 Å². The second-order valence-electron chi connectivity index (χ2n) is 6.61. The quantitative estimate of drug-likeness (QED) is 0.853. The molecule has 0 bridgehead atoms. The van der Waals surface area contributed by atoms with Gasteiger partial charge >= 0.3 is 0 Å². The van der Waals surface area contributed by atoms with E-state index >= 15 is 0 Å². The summed E-state index contributed by atoms with van der Waals surface area (Å²) in [5, 5.41) is 0. The molecule has 0 heterocycles. The molecule has 1 nitrogen and oxygen atoms in total. The number of fused-ring (bicyclic) bond motifs is 1. The van der Waals surface area contributed by atoms with Crippen LogP contribution in [0.5, 0.6) is 0 Å². The Labute approximate surface area is 117 Å². The number of aryl methyl sites for hydroxylation is 2. The van der Waals surface area contributed by atoms with Crippen molar-refractivity contribution >= 4 is 0 Å². The van der Waals surface area contributed by atoms with E-state index in [2.05, 4.69) is 25.1 Å². The predicted octanol–water partition coefficient (Wildman–Crippen LogP) is 4.39. The predicted molar refractivity (Wildman–Crippen MR) is 81.1 cm³/mol. The van der Waals surface area contributed by atoms with Crippen molar-refractivity contribution in [3.63, 3.8) is 0 Å². The fourth-order valence-corrected chi connectivity index (χ4v) is 4.10. The first-order chi connectivity index (χ1) is 9.28. The van der Waals surface area contributed by atoms with Crippen molar-refractivity contribution in [2.45, 2.75) is 64.3 Å². The van der Waals surface area contributed by atoms with Crippen LogP contribution in [0.3, 0.4) is 0 Å². The lowest BCUT2D eigenvalue weighted by Gasteiger charge is -2.32. The Bertz CT molecular complexity index is 437. The van der Waals surface area contributed by atoms with E-state index in [-0.39, 0.29) is 6.04 Å². The van der Waals surface area contributed by atoms with Crippen molar-refractivity contribution in [1.82, 2.24) is 0 Å². The van der Waals surface area contributed by atoms with Crippen molar-refractivity contribution < 1.29 is 0 Å². The van der Waals surface area contributed by atoms with E-state index in [1.807, 2.05) is 0 Å². The average molecular weight is 257 g/mol. The van der Waals surface area contributed by atoms with Crippen LogP contribution in [0, 0.1) is 11.8 Å². The summed E-state index contributed by atoms with van der Waals surface area (Å²) in [6, 6.07) is 7.30. The van der Waals surface area contributed by atoms with E-state index in [1.165, 1.54) is 56.9 Å². The molecule has 1 fully saturated rings. The van der Waals surface area contributed by atoms with Crippen LogP contribution in [0.15, 0.2) is 18.2 Å². The highest BCUT2D eigenvalue weighted by atomic mass is 14.7. The molecule has 0 saturated heterocycles. The third kappa shape index (κ3) is 2.72. The van der Waals surface area contributed by atoms with E-state index in [4.69, 9.17) is 5.73 Å². The Morgan fingerprint density at radius 1 is 1.16 bits per heavy atom. The van der Waals surface area contributed by atoms with Crippen molar-refractivity contribution in [3.05, 3.63) is 34.9 Å². The van der Waals surface area contributed by atoms with E-state index in [0.717, 1.165) is 5.92 Å². The smallest absolute Gasteiger partial charge is 0.0323 e. The van der Waals surface area contributed by atoms with Gasteiger partial charge in [0.1, 0.15) is 0 Å². The molecule has 1 saturated carbocycles. The molecule has 0 radical (unpaired) electrons. The summed E-state index contributed by atoms with van der Waals surface area (Å²) in [5.74, 6) is 1.62. The maximum Gasteiger partial charge on any atom is 0.0323 e. The molecule has 3 atom stereocenters. The molecule has 0 amide bonds. The van der Waals surface area contributed by atoms with Crippen LogP contribution in [0.25, 0.3) is 0 Å². The molecule has 2 aliphatic rings. The van der Waals surface area contributed by atoms with Crippen LogP contribution in [0.1, 0.15) is 68.2 Å². The topological polar surface area (TPSA) is 26.0 Å². The minimum absolute atomic E-state index is 0.264. The number of hydrogen-bond donors (Lipinski definition) is 1. The SMILES string of the molecule is CCC1CCCC(C(N)c2ccc3c(c2)CCC3)C1. The van der Waals surface area contributed by atoms with Crippen molar-refractivity contribution in [2.75, 3.05) is 0 Å². The Morgan fingerprint density at radius 3 is 2.84 bits per heavy atom. The number of rotatable bonds is 3. The van der Waals surface area contributed by atoms with Crippen LogP contribution in [0.2, 0.25) is 0 Å². The summed E-state index contributed by atoms with van der Waals surface area (Å²) >= 11 is 0. The monoisotopic (exact) mass is 257 g/mol. The third-order valence-electron chi connectivity index (χ3n) is 5.42. The first-order valence-electron chi connectivity index (χ1n) is 8.15. The fourth-order valence-electron chi connectivity index (χ4n) is 4.10. The zero-order valence-corrected chi connectivity index (χ0v) is 12.2. The second kappa shape index (κ2) is 5.66. The van der Waals surface area contributed by atoms with Crippen molar-refractivity contribution in [1.29, 1.82) is 0 Å². The van der Waals surface area contributed by atoms with Crippen LogP contribution in [-0.2, 0) is 12.8 Å². The van der Waals surface area contributed by atoms with Crippen molar-refractivity contribution in [3.8, 4) is 0 Å². The average Bonchev–Trinajstić information content (AvgIpc) is 2.94. The van der Waals surface area contributed by atoms with Crippen LogP contribution < -0.4 is 5.73 Å². The molecule has 2 aliphatic carbocycles. The Kier molecular flexibility index (Phi) is 3.93. The maximum atomic E-state index is 6.58. The van der Waals surface area contributed by atoms with Gasteiger partial charge in [-0.25, -0.2) is 0 Å². The first-order valence-corrected chi connectivity index (χ1v) is 8.15. The molecule has 3 rings (SSSR count). The summed E-state index contributed by atoms with van der Waals surface area (Å²) in [6.07, 6.45) is 10.7. The minimum atomic E-state index is 0.264. The molecule has 0 aromatic heterocycles. The molecular formula is C18H27N. The number of nitrogens with two attached hydrogens (primary N) is 1. The zero-order chi connectivity index (χ0) is 13.2. The second-order valence-corrected chi connectivity index (χ2v) is 6.61. The van der Waals surface area contributed by atoms with E-state index < -0.39 is 0 Å².